The van der Waals surface area contributed by atoms with E-state index >= 15 is 0 Å². The Bertz CT molecular complexity index is 85.4. The van der Waals surface area contributed by atoms with Crippen molar-refractivity contribution in [2.45, 2.75) is 9.62 Å². The van der Waals surface area contributed by atoms with Crippen LogP contribution in [0.15, 0.2) is 0 Å². The molecule has 0 amide bonds. The number of hydrogen-bond acceptors (Lipinski definition) is 1. The van der Waals surface area contributed by atoms with Crippen LogP contribution in [0, 0.1) is 0 Å². The number of halogens is 3. The molecule has 42 valence electrons. The number of rotatable bonds is 1. The van der Waals surface area contributed by atoms with Crippen molar-refractivity contribution in [2.24, 2.45) is 0 Å². The van der Waals surface area contributed by atoms with Crippen LogP contribution in [0.4, 0.5) is 0 Å². The van der Waals surface area contributed by atoms with Crippen LogP contribution in [0.25, 0.3) is 0 Å². The zero-order valence-electron chi connectivity index (χ0n) is 3.54. The summed E-state index contributed by atoms with van der Waals surface area (Å²) in [6.07, 6.45) is 0. The molecule has 0 aliphatic rings. The fourth-order valence-electron chi connectivity index (χ4n) is 0. The van der Waals surface area contributed by atoms with Crippen molar-refractivity contribution in [1.29, 1.82) is 0 Å². The Hall–Kier alpha value is 0.920. The molecule has 0 N–H and O–H groups in total. The van der Waals surface area contributed by atoms with Crippen molar-refractivity contribution >= 4 is 49.2 Å². The zero-order chi connectivity index (χ0) is 6.08. The second-order valence-corrected chi connectivity index (χ2v) is 5.98. The van der Waals surface area contributed by atoms with Crippen molar-refractivity contribution in [3.63, 3.8) is 0 Å². The van der Waals surface area contributed by atoms with Gasteiger partial charge in [0.05, 0.1) is 0 Å². The molecular formula is C3H3Br2ClO. The van der Waals surface area contributed by atoms with E-state index in [2.05, 4.69) is 31.9 Å². The highest BCUT2D eigenvalue weighted by Gasteiger charge is 2.23. The molecule has 0 aromatic rings. The van der Waals surface area contributed by atoms with Crippen LogP contribution in [0.5, 0.6) is 0 Å². The number of carbonyl (C=O) groups excluding carboxylic acids is 1. The van der Waals surface area contributed by atoms with Crippen LogP contribution in [-0.2, 0) is 4.79 Å². The molecule has 7 heavy (non-hydrogen) atoms. The quantitative estimate of drug-likeness (QED) is 0.652. The van der Waals surface area contributed by atoms with Crippen molar-refractivity contribution in [3.8, 4) is 0 Å². The van der Waals surface area contributed by atoms with Crippen molar-refractivity contribution in [1.82, 2.24) is 0 Å². The van der Waals surface area contributed by atoms with Crippen LogP contribution in [0.3, 0.4) is 0 Å². The normalized spacial score (nSPS) is 11.4. The molecule has 0 aliphatic heterocycles. The molecule has 1 nitrogen and oxygen atoms in total. The van der Waals surface area contributed by atoms with E-state index in [0.717, 1.165) is 0 Å². The topological polar surface area (TPSA) is 17.1 Å². The monoisotopic (exact) mass is 248 g/mol. The van der Waals surface area contributed by atoms with Crippen molar-refractivity contribution in [3.05, 3.63) is 0 Å². The van der Waals surface area contributed by atoms with Crippen LogP contribution in [-0.4, -0.2) is 8.48 Å². The summed E-state index contributed by atoms with van der Waals surface area (Å²) in [5.74, 6) is -0.158. The van der Waals surface area contributed by atoms with Gasteiger partial charge in [0.2, 0.25) is 2.69 Å². The van der Waals surface area contributed by atoms with Crippen LogP contribution in [0.1, 0.15) is 6.92 Å². The van der Waals surface area contributed by atoms with Gasteiger partial charge in [0, 0.05) is 0 Å². The Kier molecular flexibility index (Phi) is 2.79. The Morgan fingerprint density at radius 1 is 1.71 bits per heavy atom. The summed E-state index contributed by atoms with van der Waals surface area (Å²) in [6.45, 7) is 1.39. The molecule has 0 saturated heterocycles. The highest BCUT2D eigenvalue weighted by atomic mass is 79.9. The first kappa shape index (κ1) is 7.92. The minimum atomic E-state index is -1.04. The van der Waals surface area contributed by atoms with Gasteiger partial charge in [-0.05, 0) is 38.8 Å². The molecule has 0 fully saturated rings. The lowest BCUT2D eigenvalue weighted by Crippen LogP contribution is -2.11. The van der Waals surface area contributed by atoms with E-state index in [1.54, 1.807) is 0 Å². The number of ketones is 1. The van der Waals surface area contributed by atoms with E-state index in [1.165, 1.54) is 6.92 Å². The van der Waals surface area contributed by atoms with Crippen LogP contribution < -0.4 is 0 Å². The summed E-state index contributed by atoms with van der Waals surface area (Å²) in [7, 11) is 0. The molecule has 0 aliphatic carbocycles. The van der Waals surface area contributed by atoms with Gasteiger partial charge >= 0.3 is 0 Å². The van der Waals surface area contributed by atoms with Gasteiger partial charge in [-0.3, -0.25) is 4.79 Å². The maximum atomic E-state index is 10.2. The first-order chi connectivity index (χ1) is 2.94. The molecule has 0 aromatic carbocycles. The molecule has 0 heterocycles. The second-order valence-electron chi connectivity index (χ2n) is 1.05. The minimum Gasteiger partial charge on any atom is -0.296 e. The lowest BCUT2D eigenvalue weighted by atomic mass is 10.5. The zero-order valence-corrected chi connectivity index (χ0v) is 7.47. The second kappa shape index (κ2) is 2.46. The molecule has 0 unspecified atom stereocenters. The molecular weight excluding hydrogens is 247 g/mol. The smallest absolute Gasteiger partial charge is 0.210 e. The summed E-state index contributed by atoms with van der Waals surface area (Å²) in [5, 5.41) is 0. The molecule has 0 aromatic heterocycles. The van der Waals surface area contributed by atoms with Gasteiger partial charge in [0.25, 0.3) is 0 Å². The summed E-state index contributed by atoms with van der Waals surface area (Å²) < 4.78 is -1.04. The predicted molar refractivity (Wildman–Crippen MR) is 37.1 cm³/mol. The van der Waals surface area contributed by atoms with E-state index in [1.807, 2.05) is 0 Å². The van der Waals surface area contributed by atoms with Gasteiger partial charge in [-0.25, -0.2) is 0 Å². The largest absolute Gasteiger partial charge is 0.296 e. The fourth-order valence-corrected chi connectivity index (χ4v) is 0. The SMILES string of the molecule is CC(=O)C(Cl)(Br)Br. The predicted octanol–water partition coefficient (Wildman–Crippen LogP) is 2.26. The van der Waals surface area contributed by atoms with E-state index < -0.39 is 2.69 Å². The molecule has 0 bridgehead atoms. The van der Waals surface area contributed by atoms with Crippen LogP contribution >= 0.6 is 43.5 Å². The highest BCUT2D eigenvalue weighted by molar-refractivity contribution is 9.26. The number of carbonyl (C=O) groups is 1. The number of Topliss-reactive ketones (excluding diaryl/α,β-unsaturated/α-hetero) is 1. The summed E-state index contributed by atoms with van der Waals surface area (Å²) >= 11 is 11.1. The molecule has 0 rings (SSSR count). The van der Waals surface area contributed by atoms with Gasteiger partial charge in [-0.15, -0.1) is 0 Å². The van der Waals surface area contributed by atoms with E-state index in [0.29, 0.717) is 0 Å². The Morgan fingerprint density at radius 3 is 1.86 bits per heavy atom. The van der Waals surface area contributed by atoms with Crippen LogP contribution in [0.2, 0.25) is 0 Å². The van der Waals surface area contributed by atoms with Gasteiger partial charge in [0.1, 0.15) is 0 Å². The van der Waals surface area contributed by atoms with Gasteiger partial charge in [-0.1, -0.05) is 11.6 Å². The number of alkyl halides is 3. The molecule has 0 atom stereocenters. The molecule has 4 heteroatoms. The number of hydrogen-bond donors (Lipinski definition) is 0. The molecule has 0 radical (unpaired) electrons. The van der Waals surface area contributed by atoms with Crippen molar-refractivity contribution in [2.75, 3.05) is 0 Å². The van der Waals surface area contributed by atoms with Gasteiger partial charge in [-0.2, -0.15) is 0 Å². The first-order valence-corrected chi connectivity index (χ1v) is 3.49. The standard InChI is InChI=1S/C3H3Br2ClO/c1-2(7)3(4,5)6/h1H3. The average molecular weight is 250 g/mol. The lowest BCUT2D eigenvalue weighted by molar-refractivity contribution is -0.115. The Morgan fingerprint density at radius 2 is 1.86 bits per heavy atom. The van der Waals surface area contributed by atoms with E-state index in [4.69, 9.17) is 11.6 Å². The fraction of sp³-hybridized carbons (Fsp3) is 0.667. The molecule has 0 spiro atoms. The first-order valence-electron chi connectivity index (χ1n) is 1.52. The average Bonchev–Trinajstić information content (AvgIpc) is 1.31. The maximum absolute atomic E-state index is 10.2. The third-order valence-corrected chi connectivity index (χ3v) is 1.78. The third kappa shape index (κ3) is 3.50. The Balaban J connectivity index is 3.79. The Labute approximate surface area is 63.7 Å². The van der Waals surface area contributed by atoms with Crippen molar-refractivity contribution < 1.29 is 4.79 Å². The van der Waals surface area contributed by atoms with Gasteiger partial charge < -0.3 is 0 Å². The maximum Gasteiger partial charge on any atom is 0.210 e. The third-order valence-electron chi connectivity index (χ3n) is 0.399. The summed E-state index contributed by atoms with van der Waals surface area (Å²) in [6, 6.07) is 0. The van der Waals surface area contributed by atoms with E-state index in [-0.39, 0.29) is 5.78 Å². The van der Waals surface area contributed by atoms with Gasteiger partial charge in [0.15, 0.2) is 5.78 Å². The van der Waals surface area contributed by atoms with E-state index in [9.17, 15) is 4.79 Å². The lowest BCUT2D eigenvalue weighted by Gasteiger charge is -2.02. The molecule has 0 saturated carbocycles. The summed E-state index contributed by atoms with van der Waals surface area (Å²) in [4.78, 5) is 10.2. The summed E-state index contributed by atoms with van der Waals surface area (Å²) in [5.41, 5.74) is 0. The highest BCUT2D eigenvalue weighted by Crippen LogP contribution is 2.31. The minimum absolute atomic E-state index is 0.158.